The number of benzene rings is 1. The number of likely N-dealkylation sites (N-methyl/N-ethyl adjacent to an activating group) is 1. The second-order valence-electron chi connectivity index (χ2n) is 12.6. The van der Waals surface area contributed by atoms with Gasteiger partial charge in [-0.3, -0.25) is 9.59 Å². The van der Waals surface area contributed by atoms with Gasteiger partial charge in [-0.2, -0.15) is 5.26 Å². The fraction of sp³-hybridized carbons (Fsp3) is 0.581. The highest BCUT2D eigenvalue weighted by Gasteiger charge is 2.60. The number of allylic oxidation sites excluding steroid dienone is 2. The minimum atomic E-state index is -0.792. The monoisotopic (exact) mass is 531 g/mol. The largest absolute Gasteiger partial charge is 0.339 e. The lowest BCUT2D eigenvalue weighted by Gasteiger charge is -2.40. The molecule has 5 atom stereocenters. The van der Waals surface area contributed by atoms with Crippen LogP contribution in [0.1, 0.15) is 56.6 Å². The van der Waals surface area contributed by atoms with Gasteiger partial charge in [0.2, 0.25) is 11.8 Å². The zero-order chi connectivity index (χ0) is 27.5. The van der Waals surface area contributed by atoms with Crippen molar-refractivity contribution in [3.05, 3.63) is 52.9 Å². The van der Waals surface area contributed by atoms with Crippen molar-refractivity contribution in [3.8, 4) is 6.07 Å². The molecule has 0 radical (unpaired) electrons. The summed E-state index contributed by atoms with van der Waals surface area (Å²) in [7, 11) is 4.01. The first kappa shape index (κ1) is 26.2. The van der Waals surface area contributed by atoms with E-state index < -0.39 is 11.5 Å². The topological polar surface area (TPSA) is 88.5 Å². The van der Waals surface area contributed by atoms with Crippen molar-refractivity contribution < 1.29 is 14.0 Å². The van der Waals surface area contributed by atoms with E-state index in [9.17, 15) is 14.9 Å². The number of nitrogens with zero attached hydrogens (tertiary/aromatic N) is 3. The number of rotatable bonds is 5. The van der Waals surface area contributed by atoms with Crippen molar-refractivity contribution in [2.45, 2.75) is 75.5 Å². The van der Waals surface area contributed by atoms with Crippen molar-refractivity contribution in [1.82, 2.24) is 20.4 Å². The molecule has 0 aromatic heterocycles. The summed E-state index contributed by atoms with van der Waals surface area (Å²) >= 11 is 0. The van der Waals surface area contributed by atoms with Crippen LogP contribution in [0.15, 0.2) is 35.9 Å². The SMILES string of the molecule is CN1CCC2(CC1)C(=O)N(C)C1(C)CC=C(c3ccc(C[C@@H](C#N)NC(=O)[C@H]4N[C@@H]5CC[C@H]4C5)c(F)c3)C=C21. The maximum absolute atomic E-state index is 15.4. The van der Waals surface area contributed by atoms with E-state index in [4.69, 9.17) is 0 Å². The summed E-state index contributed by atoms with van der Waals surface area (Å²) in [6.45, 7) is 3.90. The molecule has 1 unspecified atom stereocenters. The zero-order valence-electron chi connectivity index (χ0n) is 23.1. The molecular formula is C31H38FN5O2. The van der Waals surface area contributed by atoms with Gasteiger partial charge < -0.3 is 20.4 Å². The van der Waals surface area contributed by atoms with Gasteiger partial charge in [-0.05, 0) is 99.8 Å². The van der Waals surface area contributed by atoms with Gasteiger partial charge in [0.25, 0.3) is 0 Å². The Kier molecular flexibility index (Phi) is 6.43. The van der Waals surface area contributed by atoms with E-state index >= 15 is 4.39 Å². The number of hydrogen-bond donors (Lipinski definition) is 2. The molecule has 39 heavy (non-hydrogen) atoms. The van der Waals surface area contributed by atoms with E-state index in [1.54, 1.807) is 6.07 Å². The average molecular weight is 532 g/mol. The van der Waals surface area contributed by atoms with Crippen LogP contribution < -0.4 is 10.6 Å². The lowest BCUT2D eigenvalue weighted by molar-refractivity contribution is -0.138. The van der Waals surface area contributed by atoms with Gasteiger partial charge in [-0.25, -0.2) is 4.39 Å². The molecule has 2 amide bonds. The van der Waals surface area contributed by atoms with Gasteiger partial charge in [0, 0.05) is 19.5 Å². The molecule has 1 aromatic carbocycles. The van der Waals surface area contributed by atoms with Gasteiger partial charge in [0.15, 0.2) is 0 Å². The number of piperidine rings is 2. The molecule has 4 fully saturated rings. The van der Waals surface area contributed by atoms with E-state index in [2.05, 4.69) is 47.7 Å². The van der Waals surface area contributed by atoms with Gasteiger partial charge >= 0.3 is 0 Å². The number of nitrogens with one attached hydrogen (secondary N) is 2. The second kappa shape index (κ2) is 9.57. The van der Waals surface area contributed by atoms with Crippen LogP contribution in [0.25, 0.3) is 5.57 Å². The van der Waals surface area contributed by atoms with Crippen LogP contribution in [-0.4, -0.2) is 72.5 Å². The zero-order valence-corrected chi connectivity index (χ0v) is 23.1. The lowest BCUT2D eigenvalue weighted by Crippen LogP contribution is -2.50. The molecule has 3 heterocycles. The first-order chi connectivity index (χ1) is 18.6. The molecule has 1 saturated carbocycles. The third-order valence-electron chi connectivity index (χ3n) is 10.3. The molecule has 5 aliphatic rings. The minimum absolute atomic E-state index is 0.114. The first-order valence-electron chi connectivity index (χ1n) is 14.3. The van der Waals surface area contributed by atoms with E-state index in [1.807, 2.05) is 18.0 Å². The molecule has 2 aliphatic carbocycles. The summed E-state index contributed by atoms with van der Waals surface area (Å²) < 4.78 is 15.4. The highest BCUT2D eigenvalue weighted by atomic mass is 19.1. The summed E-state index contributed by atoms with van der Waals surface area (Å²) in [6, 6.07) is 6.63. The molecular weight excluding hydrogens is 493 g/mol. The highest BCUT2D eigenvalue weighted by molar-refractivity contribution is 5.94. The Morgan fingerprint density at radius 3 is 2.69 bits per heavy atom. The molecule has 7 nitrogen and oxygen atoms in total. The molecule has 1 spiro atoms. The maximum atomic E-state index is 15.4. The van der Waals surface area contributed by atoms with Gasteiger partial charge in [-0.1, -0.05) is 24.3 Å². The number of halogens is 1. The predicted octanol–water partition coefficient (Wildman–Crippen LogP) is 3.17. The number of carbonyl (C=O) groups is 2. The van der Waals surface area contributed by atoms with Gasteiger partial charge in [-0.15, -0.1) is 0 Å². The van der Waals surface area contributed by atoms with Crippen LogP contribution in [0.4, 0.5) is 4.39 Å². The molecule has 2 bridgehead atoms. The van der Waals surface area contributed by atoms with Gasteiger partial charge in [0.1, 0.15) is 11.9 Å². The summed E-state index contributed by atoms with van der Waals surface area (Å²) in [5.74, 6) is -0.0208. The van der Waals surface area contributed by atoms with Crippen LogP contribution in [0.5, 0.6) is 0 Å². The number of carbonyl (C=O) groups excluding carboxylic acids is 2. The number of hydrogen-bond acceptors (Lipinski definition) is 5. The Bertz CT molecular complexity index is 1310. The smallest absolute Gasteiger partial charge is 0.238 e. The average Bonchev–Trinajstić information content (AvgIpc) is 3.61. The van der Waals surface area contributed by atoms with E-state index in [0.717, 1.165) is 61.9 Å². The highest BCUT2D eigenvalue weighted by Crippen LogP contribution is 2.56. The third-order valence-corrected chi connectivity index (χ3v) is 10.3. The number of nitriles is 1. The summed E-state index contributed by atoms with van der Waals surface area (Å²) in [5.41, 5.74) is 2.41. The van der Waals surface area contributed by atoms with Crippen molar-refractivity contribution in [3.63, 3.8) is 0 Å². The lowest BCUT2D eigenvalue weighted by atomic mass is 9.66. The van der Waals surface area contributed by atoms with Crippen LogP contribution >= 0.6 is 0 Å². The van der Waals surface area contributed by atoms with E-state index in [0.29, 0.717) is 23.9 Å². The molecule has 6 rings (SSSR count). The Morgan fingerprint density at radius 2 is 2.05 bits per heavy atom. The Morgan fingerprint density at radius 1 is 1.28 bits per heavy atom. The van der Waals surface area contributed by atoms with Crippen molar-refractivity contribution in [2.24, 2.45) is 11.3 Å². The maximum Gasteiger partial charge on any atom is 0.238 e. The summed E-state index contributed by atoms with van der Waals surface area (Å²) in [4.78, 5) is 30.5. The molecule has 2 N–H and O–H groups in total. The number of likely N-dealkylation sites (tertiary alicyclic amines) is 2. The fourth-order valence-electron chi connectivity index (χ4n) is 7.76. The van der Waals surface area contributed by atoms with Crippen molar-refractivity contribution in [2.75, 3.05) is 27.2 Å². The molecule has 206 valence electrons. The summed E-state index contributed by atoms with van der Waals surface area (Å²) in [6.07, 6.45) is 9.80. The third kappa shape index (κ3) is 4.22. The van der Waals surface area contributed by atoms with E-state index in [1.165, 1.54) is 6.07 Å². The molecule has 8 heteroatoms. The standard InChI is InChI=1S/C31H38FN5O2/c1-30-9-8-20(17-26(30)31(29(39)37(30)3)10-12-36(2)13-11-31)19-4-5-21(25(32)16-19)14-24(18-33)35-28(38)27-22-6-7-23(15-22)34-27/h4-5,8,16-17,22-24,27,34H,6-7,9-15H2,1-3H3,(H,35,38)/t22-,23+,24-,27-,30?/m0/s1. The quantitative estimate of drug-likeness (QED) is 0.610. The molecule has 1 aromatic rings. The summed E-state index contributed by atoms with van der Waals surface area (Å²) in [5, 5.41) is 15.9. The van der Waals surface area contributed by atoms with Crippen molar-refractivity contribution in [1.29, 1.82) is 5.26 Å². The Balaban J connectivity index is 1.20. The first-order valence-corrected chi connectivity index (χ1v) is 14.3. The van der Waals surface area contributed by atoms with Crippen LogP contribution in [0.2, 0.25) is 0 Å². The predicted molar refractivity (Wildman–Crippen MR) is 147 cm³/mol. The van der Waals surface area contributed by atoms with E-state index in [-0.39, 0.29) is 35.6 Å². The molecule has 3 saturated heterocycles. The van der Waals surface area contributed by atoms with Crippen LogP contribution in [-0.2, 0) is 16.0 Å². The minimum Gasteiger partial charge on any atom is -0.339 e. The van der Waals surface area contributed by atoms with Crippen LogP contribution in [0, 0.1) is 28.5 Å². The van der Waals surface area contributed by atoms with Crippen LogP contribution in [0.3, 0.4) is 0 Å². The van der Waals surface area contributed by atoms with Gasteiger partial charge in [0.05, 0.1) is 23.1 Å². The number of fused-ring (bicyclic) bond motifs is 4. The second-order valence-corrected chi connectivity index (χ2v) is 12.6. The fourth-order valence-corrected chi connectivity index (χ4v) is 7.76. The Labute approximate surface area is 230 Å². The normalized spacial score (nSPS) is 32.0. The number of amides is 2. The van der Waals surface area contributed by atoms with Crippen molar-refractivity contribution >= 4 is 17.4 Å². The Hall–Kier alpha value is -3.02. The molecule has 3 aliphatic heterocycles.